The summed E-state index contributed by atoms with van der Waals surface area (Å²) in [5, 5.41) is 11.0. The van der Waals surface area contributed by atoms with Crippen molar-refractivity contribution < 1.29 is 19.5 Å². The number of aliphatic carboxylic acids is 1. The van der Waals surface area contributed by atoms with Gasteiger partial charge in [-0.15, -0.1) is 0 Å². The van der Waals surface area contributed by atoms with E-state index in [0.29, 0.717) is 19.1 Å². The molecule has 0 aromatic rings. The van der Waals surface area contributed by atoms with Crippen LogP contribution in [0.15, 0.2) is 0 Å². The minimum atomic E-state index is -0.933. The van der Waals surface area contributed by atoms with Gasteiger partial charge >= 0.3 is 12.0 Å². The Labute approximate surface area is 124 Å². The van der Waals surface area contributed by atoms with E-state index in [1.807, 2.05) is 0 Å². The monoisotopic (exact) mass is 297 g/mol. The van der Waals surface area contributed by atoms with E-state index in [-0.39, 0.29) is 24.8 Å². The maximum atomic E-state index is 12.0. The average molecular weight is 297 g/mol. The highest BCUT2D eigenvalue weighted by molar-refractivity contribution is 5.94. The van der Waals surface area contributed by atoms with Gasteiger partial charge in [0.15, 0.2) is 0 Å². The molecule has 0 spiro atoms. The minimum absolute atomic E-state index is 0.0556. The molecule has 1 aliphatic heterocycles. The summed E-state index contributed by atoms with van der Waals surface area (Å²) < 4.78 is 0. The van der Waals surface area contributed by atoms with Gasteiger partial charge in [-0.3, -0.25) is 19.8 Å². The molecule has 0 aromatic heterocycles. The van der Waals surface area contributed by atoms with E-state index in [2.05, 4.69) is 10.2 Å². The van der Waals surface area contributed by atoms with Crippen molar-refractivity contribution in [2.75, 3.05) is 26.2 Å². The average Bonchev–Trinajstić information content (AvgIpc) is 3.21. The zero-order valence-corrected chi connectivity index (χ0v) is 12.4. The number of nitrogens with zero attached hydrogens (tertiary/aromatic N) is 2. The Bertz CT molecular complexity index is 414. The first kappa shape index (κ1) is 15.8. The van der Waals surface area contributed by atoms with Gasteiger partial charge in [0.05, 0.1) is 0 Å². The summed E-state index contributed by atoms with van der Waals surface area (Å²) in [6, 6.07) is 0.340. The maximum Gasteiger partial charge on any atom is 0.324 e. The molecule has 1 unspecified atom stereocenters. The molecule has 7 nitrogen and oxygen atoms in total. The molecule has 2 aliphatic rings. The molecule has 7 heteroatoms. The Hall–Kier alpha value is -1.63. The molecule has 1 heterocycles. The maximum absolute atomic E-state index is 12.0. The standard InChI is InChI=1S/C14H23N3O4/c1-10(9-13(19)20)8-12(18)15-14(21)17-6-4-16(5-7-17)11-2-3-11/h10-11H,2-9H2,1H3,(H,19,20)(H,15,18,21). The van der Waals surface area contributed by atoms with Gasteiger partial charge in [0.1, 0.15) is 0 Å². The van der Waals surface area contributed by atoms with Crippen molar-refractivity contribution in [3.63, 3.8) is 0 Å². The summed E-state index contributed by atoms with van der Waals surface area (Å²) in [5.41, 5.74) is 0. The van der Waals surface area contributed by atoms with Crippen LogP contribution in [0.1, 0.15) is 32.6 Å². The second kappa shape index (κ2) is 6.89. The van der Waals surface area contributed by atoms with E-state index in [0.717, 1.165) is 13.1 Å². The Morgan fingerprint density at radius 1 is 1.14 bits per heavy atom. The van der Waals surface area contributed by atoms with Crippen LogP contribution in [0.3, 0.4) is 0 Å². The van der Waals surface area contributed by atoms with Gasteiger partial charge in [0, 0.05) is 45.1 Å². The number of hydrogen-bond acceptors (Lipinski definition) is 4. The molecular weight excluding hydrogens is 274 g/mol. The van der Waals surface area contributed by atoms with E-state index in [9.17, 15) is 14.4 Å². The number of carbonyl (C=O) groups excluding carboxylic acids is 2. The van der Waals surface area contributed by atoms with Gasteiger partial charge in [0.25, 0.3) is 0 Å². The molecule has 2 rings (SSSR count). The van der Waals surface area contributed by atoms with Crippen molar-refractivity contribution in [3.05, 3.63) is 0 Å². The molecule has 2 N–H and O–H groups in total. The first-order valence-electron chi connectivity index (χ1n) is 7.50. The van der Waals surface area contributed by atoms with Gasteiger partial charge in [-0.05, 0) is 18.8 Å². The predicted molar refractivity (Wildman–Crippen MR) is 75.7 cm³/mol. The minimum Gasteiger partial charge on any atom is -0.481 e. The van der Waals surface area contributed by atoms with Crippen LogP contribution >= 0.6 is 0 Å². The van der Waals surface area contributed by atoms with Gasteiger partial charge in [-0.25, -0.2) is 4.79 Å². The molecular formula is C14H23N3O4. The molecule has 118 valence electrons. The van der Waals surface area contributed by atoms with Crippen molar-refractivity contribution in [2.24, 2.45) is 5.92 Å². The Morgan fingerprint density at radius 2 is 1.76 bits per heavy atom. The van der Waals surface area contributed by atoms with Crippen molar-refractivity contribution in [3.8, 4) is 0 Å². The lowest BCUT2D eigenvalue weighted by atomic mass is 10.0. The fourth-order valence-corrected chi connectivity index (χ4v) is 2.67. The summed E-state index contributed by atoms with van der Waals surface area (Å²) in [4.78, 5) is 38.3. The number of carboxylic acid groups (broad SMARTS) is 1. The van der Waals surface area contributed by atoms with Crippen LogP contribution in [-0.2, 0) is 9.59 Å². The van der Waals surface area contributed by atoms with Crippen LogP contribution in [0.2, 0.25) is 0 Å². The zero-order valence-electron chi connectivity index (χ0n) is 12.4. The molecule has 0 aromatic carbocycles. The third kappa shape index (κ3) is 5.00. The second-order valence-electron chi connectivity index (χ2n) is 6.01. The third-order valence-corrected chi connectivity index (χ3v) is 3.97. The lowest BCUT2D eigenvalue weighted by molar-refractivity contribution is -0.138. The Balaban J connectivity index is 1.68. The third-order valence-electron chi connectivity index (χ3n) is 3.97. The van der Waals surface area contributed by atoms with Crippen LogP contribution in [-0.4, -0.2) is 65.0 Å². The second-order valence-corrected chi connectivity index (χ2v) is 6.01. The highest BCUT2D eigenvalue weighted by atomic mass is 16.4. The number of hydrogen-bond donors (Lipinski definition) is 2. The number of urea groups is 1. The van der Waals surface area contributed by atoms with Crippen LogP contribution < -0.4 is 5.32 Å². The molecule has 0 bridgehead atoms. The van der Waals surface area contributed by atoms with E-state index in [4.69, 9.17) is 5.11 Å². The van der Waals surface area contributed by atoms with E-state index in [1.165, 1.54) is 12.8 Å². The molecule has 1 saturated carbocycles. The van der Waals surface area contributed by atoms with Gasteiger partial charge in [-0.2, -0.15) is 0 Å². The first-order valence-corrected chi connectivity index (χ1v) is 7.50. The van der Waals surface area contributed by atoms with E-state index >= 15 is 0 Å². The van der Waals surface area contributed by atoms with E-state index < -0.39 is 11.9 Å². The smallest absolute Gasteiger partial charge is 0.324 e. The van der Waals surface area contributed by atoms with E-state index in [1.54, 1.807) is 11.8 Å². The van der Waals surface area contributed by atoms with Gasteiger partial charge in [0.2, 0.25) is 5.91 Å². The number of carbonyl (C=O) groups is 3. The van der Waals surface area contributed by atoms with Crippen molar-refractivity contribution in [2.45, 2.75) is 38.6 Å². The predicted octanol–water partition coefficient (Wildman–Crippen LogP) is 0.504. The first-order chi connectivity index (χ1) is 9.95. The van der Waals surface area contributed by atoms with Crippen LogP contribution in [0.25, 0.3) is 0 Å². The summed E-state index contributed by atoms with van der Waals surface area (Å²) >= 11 is 0. The largest absolute Gasteiger partial charge is 0.481 e. The molecule has 0 radical (unpaired) electrons. The molecule has 21 heavy (non-hydrogen) atoms. The summed E-state index contributed by atoms with van der Waals surface area (Å²) in [6.07, 6.45) is 2.50. The lowest BCUT2D eigenvalue weighted by Crippen LogP contribution is -2.53. The fraction of sp³-hybridized carbons (Fsp3) is 0.786. The number of carboxylic acids is 1. The lowest BCUT2D eigenvalue weighted by Gasteiger charge is -2.34. The highest BCUT2D eigenvalue weighted by Gasteiger charge is 2.32. The Morgan fingerprint density at radius 3 is 2.29 bits per heavy atom. The summed E-state index contributed by atoms with van der Waals surface area (Å²) in [5.74, 6) is -1.61. The Kier molecular flexibility index (Phi) is 5.17. The number of piperazine rings is 1. The fourth-order valence-electron chi connectivity index (χ4n) is 2.67. The molecule has 2 fully saturated rings. The summed E-state index contributed by atoms with van der Waals surface area (Å²) in [7, 11) is 0. The van der Waals surface area contributed by atoms with Gasteiger partial charge in [-0.1, -0.05) is 6.92 Å². The van der Waals surface area contributed by atoms with Crippen molar-refractivity contribution in [1.29, 1.82) is 0 Å². The number of amides is 3. The molecule has 1 saturated heterocycles. The van der Waals surface area contributed by atoms with Gasteiger partial charge < -0.3 is 10.0 Å². The normalized spacial score (nSPS) is 20.9. The topological polar surface area (TPSA) is 89.9 Å². The molecule has 1 atom stereocenters. The van der Waals surface area contributed by atoms with Crippen LogP contribution in [0, 0.1) is 5.92 Å². The zero-order chi connectivity index (χ0) is 15.4. The highest BCUT2D eigenvalue weighted by Crippen LogP contribution is 2.27. The van der Waals surface area contributed by atoms with Crippen molar-refractivity contribution in [1.82, 2.24) is 15.1 Å². The molecule has 3 amide bonds. The number of nitrogens with one attached hydrogen (secondary N) is 1. The van der Waals surface area contributed by atoms with Crippen LogP contribution in [0.4, 0.5) is 4.79 Å². The van der Waals surface area contributed by atoms with Crippen molar-refractivity contribution >= 4 is 17.9 Å². The number of imide groups is 1. The van der Waals surface area contributed by atoms with Crippen LogP contribution in [0.5, 0.6) is 0 Å². The molecule has 1 aliphatic carbocycles. The quantitative estimate of drug-likeness (QED) is 0.771. The summed E-state index contributed by atoms with van der Waals surface area (Å²) in [6.45, 7) is 4.69. The SMILES string of the molecule is CC(CC(=O)O)CC(=O)NC(=O)N1CCN(C2CC2)CC1. The number of rotatable bonds is 5.